The molecule has 0 atom stereocenters. The highest BCUT2D eigenvalue weighted by Gasteiger charge is 2.34. The second-order valence-corrected chi connectivity index (χ2v) is 5.94. The predicted octanol–water partition coefficient (Wildman–Crippen LogP) is 2.29. The van der Waals surface area contributed by atoms with Crippen molar-refractivity contribution < 1.29 is 4.79 Å². The molecule has 0 bridgehead atoms. The van der Waals surface area contributed by atoms with E-state index in [0.29, 0.717) is 11.8 Å². The van der Waals surface area contributed by atoms with Crippen LogP contribution < -0.4 is 4.90 Å². The van der Waals surface area contributed by atoms with Crippen LogP contribution in [0.5, 0.6) is 0 Å². The molecule has 1 aliphatic heterocycles. The Morgan fingerprint density at radius 2 is 1.81 bits per heavy atom. The SMILES string of the molecule is O=C(C1CC1)N1CCN(c2nccc3ccccc23)CC1. The van der Waals surface area contributed by atoms with Gasteiger partial charge >= 0.3 is 0 Å². The maximum Gasteiger partial charge on any atom is 0.225 e. The van der Waals surface area contributed by atoms with E-state index < -0.39 is 0 Å². The lowest BCUT2D eigenvalue weighted by atomic mass is 10.1. The van der Waals surface area contributed by atoms with E-state index >= 15 is 0 Å². The molecular formula is C17H19N3O. The summed E-state index contributed by atoms with van der Waals surface area (Å²) in [7, 11) is 0. The topological polar surface area (TPSA) is 36.4 Å². The first-order chi connectivity index (χ1) is 10.3. The third-order valence-corrected chi connectivity index (χ3v) is 4.47. The first-order valence-corrected chi connectivity index (χ1v) is 7.70. The molecule has 2 fully saturated rings. The number of amides is 1. The maximum atomic E-state index is 12.1. The minimum atomic E-state index is 0.326. The van der Waals surface area contributed by atoms with Crippen molar-refractivity contribution >= 4 is 22.5 Å². The number of carbonyl (C=O) groups is 1. The summed E-state index contributed by atoms with van der Waals surface area (Å²) < 4.78 is 0. The molecule has 1 aromatic carbocycles. The Kier molecular flexibility index (Phi) is 3.02. The van der Waals surface area contributed by atoms with Crippen LogP contribution in [-0.4, -0.2) is 42.0 Å². The van der Waals surface area contributed by atoms with Crippen LogP contribution in [0.25, 0.3) is 10.8 Å². The van der Waals surface area contributed by atoms with Crippen molar-refractivity contribution in [3.8, 4) is 0 Å². The van der Waals surface area contributed by atoms with E-state index in [4.69, 9.17) is 0 Å². The van der Waals surface area contributed by atoms with Gasteiger partial charge in [0.05, 0.1) is 0 Å². The average molecular weight is 281 g/mol. The molecule has 2 aliphatic rings. The minimum Gasteiger partial charge on any atom is -0.353 e. The highest BCUT2D eigenvalue weighted by Crippen LogP contribution is 2.32. The number of anilines is 1. The van der Waals surface area contributed by atoms with Gasteiger partial charge in [-0.25, -0.2) is 4.98 Å². The van der Waals surface area contributed by atoms with Crippen LogP contribution >= 0.6 is 0 Å². The molecule has 0 N–H and O–H groups in total. The van der Waals surface area contributed by atoms with E-state index in [9.17, 15) is 4.79 Å². The molecule has 21 heavy (non-hydrogen) atoms. The van der Waals surface area contributed by atoms with E-state index in [1.54, 1.807) is 0 Å². The van der Waals surface area contributed by atoms with Gasteiger partial charge < -0.3 is 9.80 Å². The van der Waals surface area contributed by atoms with E-state index in [-0.39, 0.29) is 0 Å². The summed E-state index contributed by atoms with van der Waals surface area (Å²) in [6.07, 6.45) is 4.05. The van der Waals surface area contributed by atoms with Gasteiger partial charge in [-0.2, -0.15) is 0 Å². The van der Waals surface area contributed by atoms with Gasteiger partial charge in [-0.05, 0) is 24.3 Å². The van der Waals surface area contributed by atoms with Crippen molar-refractivity contribution in [3.05, 3.63) is 36.5 Å². The molecule has 1 aliphatic carbocycles. The highest BCUT2D eigenvalue weighted by molar-refractivity contribution is 5.92. The maximum absolute atomic E-state index is 12.1. The van der Waals surface area contributed by atoms with Crippen molar-refractivity contribution in [2.45, 2.75) is 12.8 Å². The van der Waals surface area contributed by atoms with Gasteiger partial charge in [0.1, 0.15) is 5.82 Å². The van der Waals surface area contributed by atoms with Crippen molar-refractivity contribution in [1.82, 2.24) is 9.88 Å². The second-order valence-electron chi connectivity index (χ2n) is 5.94. The van der Waals surface area contributed by atoms with Gasteiger partial charge in [-0.15, -0.1) is 0 Å². The number of aromatic nitrogens is 1. The lowest BCUT2D eigenvalue weighted by molar-refractivity contribution is -0.132. The Morgan fingerprint density at radius 3 is 2.57 bits per heavy atom. The Morgan fingerprint density at radius 1 is 1.05 bits per heavy atom. The number of fused-ring (bicyclic) bond motifs is 1. The molecule has 1 amide bonds. The summed E-state index contributed by atoms with van der Waals surface area (Å²) in [6.45, 7) is 3.39. The molecule has 1 saturated heterocycles. The lowest BCUT2D eigenvalue weighted by Gasteiger charge is -2.36. The summed E-state index contributed by atoms with van der Waals surface area (Å²) in [6, 6.07) is 10.4. The normalized spacial score (nSPS) is 19.0. The van der Waals surface area contributed by atoms with Gasteiger partial charge in [-0.1, -0.05) is 24.3 Å². The van der Waals surface area contributed by atoms with Crippen LogP contribution in [-0.2, 0) is 4.79 Å². The zero-order chi connectivity index (χ0) is 14.2. The molecule has 0 spiro atoms. The molecule has 4 heteroatoms. The fourth-order valence-electron chi connectivity index (χ4n) is 3.08. The fraction of sp³-hybridized carbons (Fsp3) is 0.412. The van der Waals surface area contributed by atoms with Crippen molar-refractivity contribution in [3.63, 3.8) is 0 Å². The Bertz CT molecular complexity index is 667. The Hall–Kier alpha value is -2.10. The zero-order valence-electron chi connectivity index (χ0n) is 12.0. The van der Waals surface area contributed by atoms with Gasteiger partial charge in [0.2, 0.25) is 5.91 Å². The molecule has 1 saturated carbocycles. The monoisotopic (exact) mass is 281 g/mol. The number of rotatable bonds is 2. The standard InChI is InChI=1S/C17H19N3O/c21-17(14-5-6-14)20-11-9-19(10-12-20)16-15-4-2-1-3-13(15)7-8-18-16/h1-4,7-8,14H,5-6,9-12H2. The van der Waals surface area contributed by atoms with Crippen LogP contribution in [0.1, 0.15) is 12.8 Å². The molecule has 108 valence electrons. The predicted molar refractivity (Wildman–Crippen MR) is 83.3 cm³/mol. The minimum absolute atomic E-state index is 0.326. The van der Waals surface area contributed by atoms with Crippen molar-refractivity contribution in [2.24, 2.45) is 5.92 Å². The van der Waals surface area contributed by atoms with Crippen molar-refractivity contribution in [2.75, 3.05) is 31.1 Å². The molecule has 0 unspecified atom stereocenters. The summed E-state index contributed by atoms with van der Waals surface area (Å²) in [4.78, 5) is 21.0. The first-order valence-electron chi connectivity index (χ1n) is 7.70. The Balaban J connectivity index is 1.53. The smallest absolute Gasteiger partial charge is 0.225 e. The lowest BCUT2D eigenvalue weighted by Crippen LogP contribution is -2.49. The van der Waals surface area contributed by atoms with Crippen LogP contribution in [0, 0.1) is 5.92 Å². The molecular weight excluding hydrogens is 262 g/mol. The number of hydrogen-bond acceptors (Lipinski definition) is 3. The van der Waals surface area contributed by atoms with E-state index in [1.165, 1.54) is 10.8 Å². The molecule has 4 rings (SSSR count). The number of pyridine rings is 1. The van der Waals surface area contributed by atoms with Gasteiger partial charge in [-0.3, -0.25) is 4.79 Å². The van der Waals surface area contributed by atoms with Crippen LogP contribution in [0.2, 0.25) is 0 Å². The summed E-state index contributed by atoms with van der Waals surface area (Å²) in [5.41, 5.74) is 0. The van der Waals surface area contributed by atoms with Crippen molar-refractivity contribution in [1.29, 1.82) is 0 Å². The third-order valence-electron chi connectivity index (χ3n) is 4.47. The Labute approximate surface area is 124 Å². The van der Waals surface area contributed by atoms with Gasteiger partial charge in [0.25, 0.3) is 0 Å². The quantitative estimate of drug-likeness (QED) is 0.847. The van der Waals surface area contributed by atoms with Gasteiger partial charge in [0.15, 0.2) is 0 Å². The van der Waals surface area contributed by atoms with E-state index in [1.807, 2.05) is 17.2 Å². The number of piperazine rings is 1. The molecule has 1 aromatic heterocycles. The van der Waals surface area contributed by atoms with Gasteiger partial charge in [0, 0.05) is 43.7 Å². The second kappa shape index (κ2) is 5.02. The summed E-state index contributed by atoms with van der Waals surface area (Å²) in [5.74, 6) is 1.74. The molecule has 2 aromatic rings. The number of benzene rings is 1. The summed E-state index contributed by atoms with van der Waals surface area (Å²) in [5, 5.41) is 2.42. The third kappa shape index (κ3) is 2.35. The zero-order valence-corrected chi connectivity index (χ0v) is 12.0. The summed E-state index contributed by atoms with van der Waals surface area (Å²) >= 11 is 0. The number of carbonyl (C=O) groups excluding carboxylic acids is 1. The van der Waals surface area contributed by atoms with E-state index in [2.05, 4.69) is 34.1 Å². The largest absolute Gasteiger partial charge is 0.353 e. The van der Waals surface area contributed by atoms with Crippen LogP contribution in [0.4, 0.5) is 5.82 Å². The number of hydrogen-bond donors (Lipinski definition) is 0. The number of nitrogens with zero attached hydrogens (tertiary/aromatic N) is 3. The molecule has 2 heterocycles. The molecule has 0 radical (unpaired) electrons. The molecule has 4 nitrogen and oxygen atoms in total. The van der Waals surface area contributed by atoms with Crippen LogP contribution in [0.3, 0.4) is 0 Å². The average Bonchev–Trinajstić information content (AvgIpc) is 3.39. The van der Waals surface area contributed by atoms with E-state index in [0.717, 1.165) is 44.8 Å². The van der Waals surface area contributed by atoms with Crippen LogP contribution in [0.15, 0.2) is 36.5 Å². The first kappa shape index (κ1) is 12.6. The fourth-order valence-corrected chi connectivity index (χ4v) is 3.08. The highest BCUT2D eigenvalue weighted by atomic mass is 16.2.